The molecule has 8 rings (SSSR count). The van der Waals surface area contributed by atoms with Gasteiger partial charge in [0.15, 0.2) is 0 Å². The summed E-state index contributed by atoms with van der Waals surface area (Å²) in [5.74, 6) is -4.16. The van der Waals surface area contributed by atoms with Crippen LogP contribution >= 0.6 is 0 Å². The first-order valence-corrected chi connectivity index (χ1v) is 16.1. The average molecular weight is 611 g/mol. The highest BCUT2D eigenvalue weighted by molar-refractivity contribution is 6.25. The molecule has 6 unspecified atom stereocenters. The number of allylic oxidation sites excluding steroid dienone is 2. The first-order chi connectivity index (χ1) is 22.3. The quantitative estimate of drug-likeness (QED) is 0.209. The Labute approximate surface area is 267 Å². The van der Waals surface area contributed by atoms with Gasteiger partial charge in [0.25, 0.3) is 0 Å². The lowest BCUT2D eigenvalue weighted by molar-refractivity contribution is -0.131. The summed E-state index contributed by atoms with van der Waals surface area (Å²) < 4.78 is 0. The fourth-order valence-corrected chi connectivity index (χ4v) is 8.82. The minimum atomic E-state index is -1.22. The molecule has 0 aromatic heterocycles. The molecule has 4 amide bonds. The Morgan fingerprint density at radius 1 is 0.761 bits per heavy atom. The zero-order valence-corrected chi connectivity index (χ0v) is 25.7. The van der Waals surface area contributed by atoms with Crippen LogP contribution in [0.25, 0.3) is 10.8 Å². The van der Waals surface area contributed by atoms with Gasteiger partial charge in [-0.05, 0) is 67.3 Å². The number of para-hydroxylation sites is 1. The lowest BCUT2D eigenvalue weighted by atomic mass is 9.51. The number of aryl methyl sites for hydroxylation is 1. The van der Waals surface area contributed by atoms with Crippen molar-refractivity contribution < 1.29 is 24.3 Å². The van der Waals surface area contributed by atoms with Crippen LogP contribution in [0.4, 0.5) is 11.4 Å². The molecule has 0 bridgehead atoms. The van der Waals surface area contributed by atoms with Gasteiger partial charge < -0.3 is 5.11 Å². The summed E-state index contributed by atoms with van der Waals surface area (Å²) in [7, 11) is 0. The third kappa shape index (κ3) is 3.77. The average Bonchev–Trinajstić information content (AvgIpc) is 3.45. The molecule has 2 aliphatic carbocycles. The monoisotopic (exact) mass is 610 g/mol. The van der Waals surface area contributed by atoms with E-state index in [9.17, 15) is 24.3 Å². The lowest BCUT2D eigenvalue weighted by Crippen LogP contribution is -2.48. The molecule has 4 aromatic rings. The van der Waals surface area contributed by atoms with Crippen LogP contribution in [0.2, 0.25) is 0 Å². The number of carbonyl (C=O) groups excluding carboxylic acids is 4. The fraction of sp³-hybridized carbons (Fsp3) is 0.282. The highest BCUT2D eigenvalue weighted by Crippen LogP contribution is 2.64. The molecule has 4 aromatic carbocycles. The van der Waals surface area contributed by atoms with Crippen molar-refractivity contribution in [2.45, 2.75) is 39.0 Å². The Morgan fingerprint density at radius 3 is 2.20 bits per heavy atom. The number of anilines is 2. The van der Waals surface area contributed by atoms with Gasteiger partial charge in [-0.15, -0.1) is 0 Å². The van der Waals surface area contributed by atoms with Crippen LogP contribution in [0.1, 0.15) is 43.7 Å². The molecule has 6 atom stereocenters. The summed E-state index contributed by atoms with van der Waals surface area (Å²) in [6.45, 7) is 3.89. The summed E-state index contributed by atoms with van der Waals surface area (Å²) in [4.78, 5) is 59.8. The fourth-order valence-electron chi connectivity index (χ4n) is 8.82. The van der Waals surface area contributed by atoms with Crippen molar-refractivity contribution in [2.24, 2.45) is 29.1 Å². The Balaban J connectivity index is 1.29. The highest BCUT2D eigenvalue weighted by atomic mass is 16.3. The maximum atomic E-state index is 14.6. The van der Waals surface area contributed by atoms with E-state index >= 15 is 0 Å². The summed E-state index contributed by atoms with van der Waals surface area (Å²) >= 11 is 0. The Morgan fingerprint density at radius 2 is 1.46 bits per heavy atom. The van der Waals surface area contributed by atoms with Crippen molar-refractivity contribution >= 4 is 45.8 Å². The number of phenolic OH excluding ortho intramolecular Hbond substituents is 1. The van der Waals surface area contributed by atoms with Crippen molar-refractivity contribution in [1.29, 1.82) is 0 Å². The van der Waals surface area contributed by atoms with Crippen LogP contribution in [-0.2, 0) is 25.6 Å². The number of carbonyl (C=O) groups is 4. The van der Waals surface area contributed by atoms with Gasteiger partial charge in [-0.3, -0.25) is 24.1 Å². The first kappa shape index (κ1) is 28.4. The number of benzene rings is 4. The second-order valence-corrected chi connectivity index (χ2v) is 13.3. The molecule has 2 aliphatic heterocycles. The maximum absolute atomic E-state index is 14.6. The molecule has 3 fully saturated rings. The van der Waals surface area contributed by atoms with Gasteiger partial charge in [-0.25, -0.2) is 4.90 Å². The Hall–Kier alpha value is -5.04. The number of nitrogens with zero attached hydrogens (tertiary/aromatic N) is 2. The molecular weight excluding hydrogens is 576 g/mol. The molecule has 46 heavy (non-hydrogen) atoms. The SMILES string of the molecule is CCc1ccc(N2C(=O)C3CC=C4C(CC5C(=O)N(c6ccccc6)C(=O)C5(C)C4c4ccc5ccccc5c4O)C3C2=O)cc1. The number of amides is 4. The van der Waals surface area contributed by atoms with Gasteiger partial charge in [0, 0.05) is 16.9 Å². The number of rotatable bonds is 4. The van der Waals surface area contributed by atoms with E-state index in [-0.39, 0.29) is 35.8 Å². The molecular formula is C39H34N2O5. The number of aromatic hydroxyl groups is 1. The molecule has 7 nitrogen and oxygen atoms in total. The molecule has 0 spiro atoms. The van der Waals surface area contributed by atoms with Crippen molar-refractivity contribution in [1.82, 2.24) is 0 Å². The van der Waals surface area contributed by atoms with Gasteiger partial charge in [-0.2, -0.15) is 0 Å². The minimum Gasteiger partial charge on any atom is -0.507 e. The van der Waals surface area contributed by atoms with Crippen molar-refractivity contribution in [3.8, 4) is 5.75 Å². The normalized spacial score (nSPS) is 28.7. The van der Waals surface area contributed by atoms with Crippen molar-refractivity contribution in [2.75, 3.05) is 9.80 Å². The van der Waals surface area contributed by atoms with Crippen molar-refractivity contribution in [3.05, 3.63) is 114 Å². The largest absolute Gasteiger partial charge is 0.507 e. The predicted molar refractivity (Wildman–Crippen MR) is 175 cm³/mol. The summed E-state index contributed by atoms with van der Waals surface area (Å²) in [5.41, 5.74) is 2.35. The van der Waals surface area contributed by atoms with Crippen molar-refractivity contribution in [3.63, 3.8) is 0 Å². The number of fused-ring (bicyclic) bond motifs is 5. The smallest absolute Gasteiger partial charge is 0.241 e. The second-order valence-electron chi connectivity index (χ2n) is 13.3. The number of hydrogen-bond acceptors (Lipinski definition) is 5. The van der Waals surface area contributed by atoms with E-state index in [0.717, 1.165) is 22.9 Å². The van der Waals surface area contributed by atoms with E-state index in [1.807, 2.05) is 79.7 Å². The van der Waals surface area contributed by atoms with Crippen LogP contribution in [0.3, 0.4) is 0 Å². The Kier molecular flexibility index (Phi) is 6.33. The third-order valence-corrected chi connectivity index (χ3v) is 11.1. The van der Waals surface area contributed by atoms with E-state index in [0.29, 0.717) is 28.7 Å². The van der Waals surface area contributed by atoms with Gasteiger partial charge in [0.1, 0.15) is 5.75 Å². The highest BCUT2D eigenvalue weighted by Gasteiger charge is 2.68. The van der Waals surface area contributed by atoms with Gasteiger partial charge >= 0.3 is 0 Å². The molecule has 230 valence electrons. The topological polar surface area (TPSA) is 95.0 Å². The number of phenols is 1. The van der Waals surface area contributed by atoms with E-state index in [2.05, 4.69) is 6.92 Å². The second kappa shape index (κ2) is 10.2. The lowest BCUT2D eigenvalue weighted by Gasteiger charge is -2.49. The summed E-state index contributed by atoms with van der Waals surface area (Å²) in [6, 6.07) is 27.8. The molecule has 7 heteroatoms. The van der Waals surface area contributed by atoms with E-state index in [1.165, 1.54) is 9.80 Å². The zero-order chi connectivity index (χ0) is 31.9. The van der Waals surface area contributed by atoms with Crippen LogP contribution in [0.5, 0.6) is 5.75 Å². The van der Waals surface area contributed by atoms with Crippen LogP contribution in [-0.4, -0.2) is 28.7 Å². The third-order valence-electron chi connectivity index (χ3n) is 11.1. The summed E-state index contributed by atoms with van der Waals surface area (Å²) in [6.07, 6.45) is 3.48. The number of imide groups is 2. The standard InChI is InChI=1S/C39H34N2O5/c1-3-22-13-16-25(17-14-22)40-35(43)28-20-19-27-30(32(28)37(40)45)21-31-36(44)41(24-10-5-4-6-11-24)38(46)39(31,2)33(27)29-18-15-23-9-7-8-12-26(23)34(29)42/h4-19,28,30-33,42H,3,20-21H2,1-2H3. The minimum absolute atomic E-state index is 0.0663. The molecule has 1 saturated carbocycles. The summed E-state index contributed by atoms with van der Waals surface area (Å²) in [5, 5.41) is 13.3. The zero-order valence-electron chi connectivity index (χ0n) is 25.7. The molecule has 1 N–H and O–H groups in total. The maximum Gasteiger partial charge on any atom is 0.241 e. The van der Waals surface area contributed by atoms with Gasteiger partial charge in [0.05, 0.1) is 34.5 Å². The van der Waals surface area contributed by atoms with E-state index < -0.39 is 35.0 Å². The molecule has 2 saturated heterocycles. The van der Waals surface area contributed by atoms with E-state index in [4.69, 9.17) is 0 Å². The first-order valence-electron chi connectivity index (χ1n) is 16.1. The Bertz CT molecular complexity index is 1980. The number of hydrogen-bond donors (Lipinski definition) is 1. The van der Waals surface area contributed by atoms with Gasteiger partial charge in [-0.1, -0.05) is 85.3 Å². The van der Waals surface area contributed by atoms with E-state index in [1.54, 1.807) is 24.3 Å². The molecule has 2 heterocycles. The molecule has 0 radical (unpaired) electrons. The van der Waals surface area contributed by atoms with Crippen LogP contribution in [0, 0.1) is 29.1 Å². The van der Waals surface area contributed by atoms with Gasteiger partial charge in [0.2, 0.25) is 23.6 Å². The molecule has 4 aliphatic rings. The van der Waals surface area contributed by atoms with Crippen LogP contribution < -0.4 is 9.80 Å². The predicted octanol–water partition coefficient (Wildman–Crippen LogP) is 6.54. The van der Waals surface area contributed by atoms with Crippen LogP contribution in [0.15, 0.2) is 103 Å².